The molecule has 66 valence electrons. The molecule has 1 rings (SSSR count). The van der Waals surface area contributed by atoms with E-state index in [1.807, 2.05) is 0 Å². The van der Waals surface area contributed by atoms with Crippen molar-refractivity contribution in [3.63, 3.8) is 0 Å². The first-order valence-corrected chi connectivity index (χ1v) is 4.49. The lowest BCUT2D eigenvalue weighted by Gasteiger charge is -2.53. The molecule has 2 heteroatoms. The van der Waals surface area contributed by atoms with Crippen LogP contribution in [0.1, 0.15) is 33.1 Å². The van der Waals surface area contributed by atoms with E-state index >= 15 is 0 Å². The van der Waals surface area contributed by atoms with Gasteiger partial charge in [0.05, 0.1) is 6.10 Å². The summed E-state index contributed by atoms with van der Waals surface area (Å²) in [4.78, 5) is 0. The number of rotatable bonds is 3. The van der Waals surface area contributed by atoms with Crippen molar-refractivity contribution in [1.29, 1.82) is 0 Å². The van der Waals surface area contributed by atoms with Crippen molar-refractivity contribution in [2.45, 2.75) is 45.3 Å². The molecule has 1 saturated carbocycles. The largest absolute Gasteiger partial charge is 0.381 e. The second kappa shape index (κ2) is 3.11. The zero-order chi connectivity index (χ0) is 8.48. The molecule has 0 aromatic heterocycles. The molecule has 1 fully saturated rings. The minimum absolute atomic E-state index is 0.286. The molecule has 0 aromatic carbocycles. The van der Waals surface area contributed by atoms with Gasteiger partial charge in [0.1, 0.15) is 0 Å². The van der Waals surface area contributed by atoms with Gasteiger partial charge >= 0.3 is 0 Å². The first-order valence-electron chi connectivity index (χ1n) is 4.49. The van der Waals surface area contributed by atoms with Gasteiger partial charge < -0.3 is 10.5 Å². The van der Waals surface area contributed by atoms with Crippen LogP contribution in [0.3, 0.4) is 0 Å². The second-order valence-electron chi connectivity index (χ2n) is 3.51. The van der Waals surface area contributed by atoms with Crippen LogP contribution in [0, 0.1) is 5.41 Å². The summed E-state index contributed by atoms with van der Waals surface area (Å²) in [6.07, 6.45) is 3.73. The Bertz CT molecular complexity index is 132. The molecule has 0 spiro atoms. The van der Waals surface area contributed by atoms with Gasteiger partial charge in [0.25, 0.3) is 0 Å². The summed E-state index contributed by atoms with van der Waals surface area (Å²) in [5.74, 6) is 0. The van der Waals surface area contributed by atoms with E-state index < -0.39 is 0 Å². The Morgan fingerprint density at radius 3 is 2.18 bits per heavy atom. The lowest BCUT2D eigenvalue weighted by Crippen LogP contribution is -2.61. The molecule has 0 bridgehead atoms. The van der Waals surface area contributed by atoms with E-state index in [0.717, 1.165) is 19.3 Å². The summed E-state index contributed by atoms with van der Waals surface area (Å²) in [7, 11) is 1.79. The molecule has 1 aliphatic rings. The van der Waals surface area contributed by atoms with E-state index in [1.54, 1.807) is 7.11 Å². The molecule has 0 saturated heterocycles. The van der Waals surface area contributed by atoms with Gasteiger partial charge in [-0.15, -0.1) is 0 Å². The van der Waals surface area contributed by atoms with E-state index in [2.05, 4.69) is 13.8 Å². The smallest absolute Gasteiger partial charge is 0.0657 e. The van der Waals surface area contributed by atoms with Crippen LogP contribution in [0.4, 0.5) is 0 Å². The highest BCUT2D eigenvalue weighted by atomic mass is 16.5. The van der Waals surface area contributed by atoms with Crippen LogP contribution in [0.25, 0.3) is 0 Å². The van der Waals surface area contributed by atoms with Crippen molar-refractivity contribution < 1.29 is 4.74 Å². The molecule has 0 aliphatic heterocycles. The summed E-state index contributed by atoms with van der Waals surface area (Å²) in [6.45, 7) is 4.41. The quantitative estimate of drug-likeness (QED) is 0.674. The molecule has 0 amide bonds. The summed E-state index contributed by atoms with van der Waals surface area (Å²) in [6, 6.07) is 0.363. The van der Waals surface area contributed by atoms with E-state index in [-0.39, 0.29) is 5.41 Å². The second-order valence-corrected chi connectivity index (χ2v) is 3.51. The first-order chi connectivity index (χ1) is 5.21. The number of methoxy groups -OCH3 is 1. The molecular formula is C9H19NO. The zero-order valence-corrected chi connectivity index (χ0v) is 7.76. The Morgan fingerprint density at radius 2 is 2.00 bits per heavy atom. The number of nitrogens with two attached hydrogens (primary N) is 1. The van der Waals surface area contributed by atoms with Crippen LogP contribution < -0.4 is 5.73 Å². The Kier molecular flexibility index (Phi) is 2.55. The third kappa shape index (κ3) is 1.09. The topological polar surface area (TPSA) is 35.2 Å². The molecule has 0 unspecified atom stereocenters. The average Bonchev–Trinajstić information content (AvgIpc) is 2.02. The maximum atomic E-state index is 5.96. The summed E-state index contributed by atoms with van der Waals surface area (Å²) >= 11 is 0. The Hall–Kier alpha value is -0.0800. The highest BCUT2D eigenvalue weighted by Gasteiger charge is 2.50. The predicted molar refractivity (Wildman–Crippen MR) is 46.4 cm³/mol. The Balaban J connectivity index is 2.62. The average molecular weight is 157 g/mol. The number of ether oxygens (including phenoxy) is 1. The molecule has 2 atom stereocenters. The van der Waals surface area contributed by atoms with Crippen molar-refractivity contribution in [2.24, 2.45) is 11.1 Å². The minimum Gasteiger partial charge on any atom is -0.381 e. The predicted octanol–water partition coefficient (Wildman–Crippen LogP) is 1.54. The molecule has 0 aromatic rings. The molecule has 2 nitrogen and oxygen atoms in total. The van der Waals surface area contributed by atoms with Crippen molar-refractivity contribution in [2.75, 3.05) is 7.11 Å². The van der Waals surface area contributed by atoms with Gasteiger partial charge in [0.15, 0.2) is 0 Å². The van der Waals surface area contributed by atoms with E-state index in [0.29, 0.717) is 12.1 Å². The third-order valence-corrected chi connectivity index (χ3v) is 3.45. The third-order valence-electron chi connectivity index (χ3n) is 3.45. The standard InChI is InChI=1S/C9H19NO/c1-4-9(5-2)7(10)6-8(9)11-3/h7-8H,4-6,10H2,1-3H3/t7-,8+/m1/s1. The lowest BCUT2D eigenvalue weighted by molar-refractivity contribution is -0.112. The van der Waals surface area contributed by atoms with Crippen molar-refractivity contribution in [3.8, 4) is 0 Å². The van der Waals surface area contributed by atoms with Crippen molar-refractivity contribution in [3.05, 3.63) is 0 Å². The minimum atomic E-state index is 0.286. The van der Waals surface area contributed by atoms with Gasteiger partial charge in [-0.3, -0.25) is 0 Å². The molecule has 0 radical (unpaired) electrons. The first kappa shape index (κ1) is 9.01. The summed E-state index contributed by atoms with van der Waals surface area (Å²) in [5.41, 5.74) is 6.25. The highest BCUT2D eigenvalue weighted by molar-refractivity contribution is 5.04. The van der Waals surface area contributed by atoms with E-state index in [4.69, 9.17) is 10.5 Å². The van der Waals surface area contributed by atoms with Gasteiger partial charge in [-0.25, -0.2) is 0 Å². The Labute approximate surface area is 69.1 Å². The fourth-order valence-corrected chi connectivity index (χ4v) is 2.34. The fourth-order valence-electron chi connectivity index (χ4n) is 2.34. The molecular weight excluding hydrogens is 138 g/mol. The zero-order valence-electron chi connectivity index (χ0n) is 7.76. The van der Waals surface area contributed by atoms with E-state index in [1.165, 1.54) is 0 Å². The maximum Gasteiger partial charge on any atom is 0.0657 e. The monoisotopic (exact) mass is 157 g/mol. The van der Waals surface area contributed by atoms with Crippen LogP contribution >= 0.6 is 0 Å². The normalized spacial score (nSPS) is 34.9. The Morgan fingerprint density at radius 1 is 1.45 bits per heavy atom. The van der Waals surface area contributed by atoms with Crippen molar-refractivity contribution in [1.82, 2.24) is 0 Å². The van der Waals surface area contributed by atoms with Crippen LogP contribution in [0.2, 0.25) is 0 Å². The van der Waals surface area contributed by atoms with Crippen LogP contribution in [-0.2, 0) is 4.74 Å². The van der Waals surface area contributed by atoms with Gasteiger partial charge in [0, 0.05) is 18.6 Å². The fraction of sp³-hybridized carbons (Fsp3) is 1.00. The van der Waals surface area contributed by atoms with Gasteiger partial charge in [-0.05, 0) is 19.3 Å². The van der Waals surface area contributed by atoms with Crippen LogP contribution in [-0.4, -0.2) is 19.3 Å². The van der Waals surface area contributed by atoms with Crippen molar-refractivity contribution >= 4 is 0 Å². The summed E-state index contributed by atoms with van der Waals surface area (Å²) < 4.78 is 5.37. The van der Waals surface area contributed by atoms with Crippen LogP contribution in [0.5, 0.6) is 0 Å². The van der Waals surface area contributed by atoms with E-state index in [9.17, 15) is 0 Å². The lowest BCUT2D eigenvalue weighted by atomic mass is 9.59. The number of hydrogen-bond donors (Lipinski definition) is 1. The SMILES string of the molecule is CCC1(CC)[C@H](N)C[C@@H]1OC. The maximum absolute atomic E-state index is 5.96. The molecule has 0 heterocycles. The molecule has 1 aliphatic carbocycles. The van der Waals surface area contributed by atoms with Gasteiger partial charge in [-0.1, -0.05) is 13.8 Å². The van der Waals surface area contributed by atoms with Gasteiger partial charge in [0.2, 0.25) is 0 Å². The summed E-state index contributed by atoms with van der Waals surface area (Å²) in [5, 5.41) is 0. The molecule has 11 heavy (non-hydrogen) atoms. The molecule has 2 N–H and O–H groups in total. The van der Waals surface area contributed by atoms with Crippen LogP contribution in [0.15, 0.2) is 0 Å². The highest BCUT2D eigenvalue weighted by Crippen LogP contribution is 2.47. The van der Waals surface area contributed by atoms with Gasteiger partial charge in [-0.2, -0.15) is 0 Å². The number of hydrogen-bond acceptors (Lipinski definition) is 2.